The van der Waals surface area contributed by atoms with Gasteiger partial charge in [-0.15, -0.1) is 0 Å². The molecule has 0 unspecified atom stereocenters. The van der Waals surface area contributed by atoms with Crippen molar-refractivity contribution in [3.8, 4) is 22.9 Å². The van der Waals surface area contributed by atoms with Crippen LogP contribution in [-0.2, 0) is 11.3 Å². The molecule has 0 saturated carbocycles. The SMILES string of the molecule is Nc1ncnc2c1c(-c1ccc(Oc3ccccc3)nc1)nn2CC(=O)Nc1ccc(F)cc1. The lowest BCUT2D eigenvalue weighted by Crippen LogP contribution is -2.19. The number of rotatable bonds is 6. The Kier molecular flexibility index (Phi) is 5.53. The number of aromatic nitrogens is 5. The molecular weight excluding hydrogens is 437 g/mol. The molecule has 34 heavy (non-hydrogen) atoms. The van der Waals surface area contributed by atoms with Crippen LogP contribution in [0.1, 0.15) is 0 Å². The fourth-order valence-electron chi connectivity index (χ4n) is 3.40. The molecule has 0 aliphatic heterocycles. The highest BCUT2D eigenvalue weighted by molar-refractivity contribution is 5.99. The quantitative estimate of drug-likeness (QED) is 0.396. The Bertz CT molecular complexity index is 1450. The van der Waals surface area contributed by atoms with Crippen molar-refractivity contribution in [2.75, 3.05) is 11.1 Å². The predicted molar refractivity (Wildman–Crippen MR) is 125 cm³/mol. The number of carbonyl (C=O) groups is 1. The summed E-state index contributed by atoms with van der Waals surface area (Å²) in [5.74, 6) is 0.574. The van der Waals surface area contributed by atoms with Crippen LogP contribution in [0.3, 0.4) is 0 Å². The van der Waals surface area contributed by atoms with E-state index in [2.05, 4.69) is 25.4 Å². The molecule has 5 rings (SSSR count). The zero-order valence-electron chi connectivity index (χ0n) is 17.7. The first-order valence-electron chi connectivity index (χ1n) is 10.3. The minimum atomic E-state index is -0.387. The Hall–Kier alpha value is -4.86. The second-order valence-corrected chi connectivity index (χ2v) is 7.32. The first kappa shape index (κ1) is 21.0. The zero-order chi connectivity index (χ0) is 23.5. The van der Waals surface area contributed by atoms with Crippen LogP contribution in [0.5, 0.6) is 11.6 Å². The Morgan fingerprint density at radius 1 is 1.00 bits per heavy atom. The number of halogens is 1. The summed E-state index contributed by atoms with van der Waals surface area (Å²) in [4.78, 5) is 25.3. The number of hydrogen-bond donors (Lipinski definition) is 2. The van der Waals surface area contributed by atoms with Crippen LogP contribution >= 0.6 is 0 Å². The third-order valence-electron chi connectivity index (χ3n) is 4.96. The number of nitrogens with two attached hydrogens (primary N) is 1. The molecule has 5 aromatic rings. The van der Waals surface area contributed by atoms with Crippen molar-refractivity contribution >= 4 is 28.4 Å². The average Bonchev–Trinajstić information content (AvgIpc) is 3.21. The number of nitrogen functional groups attached to an aromatic ring is 1. The average molecular weight is 455 g/mol. The van der Waals surface area contributed by atoms with Crippen LogP contribution in [0.25, 0.3) is 22.3 Å². The fourth-order valence-corrected chi connectivity index (χ4v) is 3.40. The van der Waals surface area contributed by atoms with E-state index in [1.165, 1.54) is 35.3 Å². The number of ether oxygens (including phenoxy) is 1. The third-order valence-corrected chi connectivity index (χ3v) is 4.96. The van der Waals surface area contributed by atoms with E-state index in [0.717, 1.165) is 0 Å². The highest BCUT2D eigenvalue weighted by Crippen LogP contribution is 2.31. The van der Waals surface area contributed by atoms with Gasteiger partial charge in [-0.3, -0.25) is 4.79 Å². The van der Waals surface area contributed by atoms with Gasteiger partial charge in [-0.2, -0.15) is 5.10 Å². The van der Waals surface area contributed by atoms with Gasteiger partial charge in [0.25, 0.3) is 0 Å². The number of carbonyl (C=O) groups excluding carboxylic acids is 1. The van der Waals surface area contributed by atoms with E-state index >= 15 is 0 Å². The maximum atomic E-state index is 13.1. The molecule has 0 atom stereocenters. The molecule has 0 radical (unpaired) electrons. The van der Waals surface area contributed by atoms with E-state index in [9.17, 15) is 9.18 Å². The molecule has 0 saturated heterocycles. The summed E-state index contributed by atoms with van der Waals surface area (Å²) < 4.78 is 20.3. The van der Waals surface area contributed by atoms with E-state index in [4.69, 9.17) is 10.5 Å². The first-order valence-corrected chi connectivity index (χ1v) is 10.3. The standard InChI is InChI=1S/C24H18FN7O2/c25-16-7-9-17(10-8-16)30-19(33)13-32-24-21(23(26)28-14-29-24)22(31-32)15-6-11-20(27-12-15)34-18-4-2-1-3-5-18/h1-12,14H,13H2,(H,30,33)(H2,26,28,29). The van der Waals surface area contributed by atoms with E-state index in [1.54, 1.807) is 18.3 Å². The van der Waals surface area contributed by atoms with E-state index in [1.807, 2.05) is 30.3 Å². The minimum absolute atomic E-state index is 0.132. The number of pyridine rings is 1. The van der Waals surface area contributed by atoms with Crippen LogP contribution in [-0.4, -0.2) is 30.6 Å². The Labute approximate surface area is 193 Å². The summed E-state index contributed by atoms with van der Waals surface area (Å²) in [5.41, 5.74) is 8.14. The van der Waals surface area contributed by atoms with Crippen LogP contribution < -0.4 is 15.8 Å². The van der Waals surface area contributed by atoms with Crippen molar-refractivity contribution in [2.24, 2.45) is 0 Å². The van der Waals surface area contributed by atoms with Crippen molar-refractivity contribution < 1.29 is 13.9 Å². The van der Waals surface area contributed by atoms with Gasteiger partial charge in [0.2, 0.25) is 11.8 Å². The smallest absolute Gasteiger partial charge is 0.246 e. The van der Waals surface area contributed by atoms with Gasteiger partial charge in [-0.25, -0.2) is 24.0 Å². The first-order chi connectivity index (χ1) is 16.6. The summed E-state index contributed by atoms with van der Waals surface area (Å²) in [6.07, 6.45) is 2.92. The fraction of sp³-hybridized carbons (Fsp3) is 0.0417. The van der Waals surface area contributed by atoms with Gasteiger partial charge >= 0.3 is 0 Å². The lowest BCUT2D eigenvalue weighted by atomic mass is 10.1. The number of hydrogen-bond acceptors (Lipinski definition) is 7. The molecule has 0 aliphatic carbocycles. The molecule has 3 heterocycles. The number of anilines is 2. The molecule has 0 bridgehead atoms. The van der Waals surface area contributed by atoms with Crippen LogP contribution in [0.2, 0.25) is 0 Å². The molecule has 1 amide bonds. The molecule has 0 fully saturated rings. The van der Waals surface area contributed by atoms with Crippen molar-refractivity contribution in [1.82, 2.24) is 24.7 Å². The second kappa shape index (κ2) is 8.94. The van der Waals surface area contributed by atoms with Gasteiger partial charge in [0.1, 0.15) is 36.0 Å². The summed E-state index contributed by atoms with van der Waals surface area (Å²) in [6.45, 7) is -0.132. The zero-order valence-corrected chi connectivity index (χ0v) is 17.7. The molecule has 168 valence electrons. The molecule has 10 heteroatoms. The highest BCUT2D eigenvalue weighted by Gasteiger charge is 2.19. The van der Waals surface area contributed by atoms with Gasteiger partial charge < -0.3 is 15.8 Å². The Morgan fingerprint density at radius 3 is 2.53 bits per heavy atom. The Balaban J connectivity index is 1.43. The van der Waals surface area contributed by atoms with Gasteiger partial charge in [0.15, 0.2) is 5.65 Å². The lowest BCUT2D eigenvalue weighted by molar-refractivity contribution is -0.116. The van der Waals surface area contributed by atoms with Gasteiger partial charge in [0.05, 0.1) is 5.39 Å². The van der Waals surface area contributed by atoms with E-state index in [-0.39, 0.29) is 24.1 Å². The van der Waals surface area contributed by atoms with Crippen molar-refractivity contribution in [2.45, 2.75) is 6.54 Å². The number of fused-ring (bicyclic) bond motifs is 1. The highest BCUT2D eigenvalue weighted by atomic mass is 19.1. The molecule has 2 aromatic carbocycles. The van der Waals surface area contributed by atoms with Gasteiger partial charge in [-0.1, -0.05) is 18.2 Å². The maximum Gasteiger partial charge on any atom is 0.246 e. The third kappa shape index (κ3) is 4.37. The number of para-hydroxylation sites is 1. The maximum absolute atomic E-state index is 13.1. The summed E-state index contributed by atoms with van der Waals surface area (Å²) >= 11 is 0. The number of benzene rings is 2. The normalized spacial score (nSPS) is 10.9. The van der Waals surface area contributed by atoms with Crippen LogP contribution in [0, 0.1) is 5.82 Å². The van der Waals surface area contributed by atoms with E-state index in [0.29, 0.717) is 39.6 Å². The van der Waals surface area contributed by atoms with Crippen LogP contribution in [0.15, 0.2) is 79.3 Å². The number of nitrogens with one attached hydrogen (secondary N) is 1. The van der Waals surface area contributed by atoms with Gasteiger partial charge in [0, 0.05) is 23.5 Å². The van der Waals surface area contributed by atoms with Gasteiger partial charge in [-0.05, 0) is 42.5 Å². The molecule has 9 nitrogen and oxygen atoms in total. The van der Waals surface area contributed by atoms with Crippen molar-refractivity contribution in [1.29, 1.82) is 0 Å². The predicted octanol–water partition coefficient (Wildman–Crippen LogP) is 4.04. The van der Waals surface area contributed by atoms with Crippen LogP contribution in [0.4, 0.5) is 15.9 Å². The molecular formula is C24H18FN7O2. The lowest BCUT2D eigenvalue weighted by Gasteiger charge is -2.06. The second-order valence-electron chi connectivity index (χ2n) is 7.32. The molecule has 0 spiro atoms. The molecule has 3 N–H and O–H groups in total. The van der Waals surface area contributed by atoms with Crippen molar-refractivity contribution in [3.63, 3.8) is 0 Å². The minimum Gasteiger partial charge on any atom is -0.439 e. The largest absolute Gasteiger partial charge is 0.439 e. The Morgan fingerprint density at radius 2 is 1.79 bits per heavy atom. The van der Waals surface area contributed by atoms with Crippen molar-refractivity contribution in [3.05, 3.63) is 85.1 Å². The summed E-state index contributed by atoms with van der Waals surface area (Å²) in [5, 5.41) is 7.78. The number of amides is 1. The summed E-state index contributed by atoms with van der Waals surface area (Å²) in [7, 11) is 0. The molecule has 3 aromatic heterocycles. The molecule has 0 aliphatic rings. The topological polar surface area (TPSA) is 121 Å². The van der Waals surface area contributed by atoms with E-state index < -0.39 is 0 Å². The monoisotopic (exact) mass is 455 g/mol. The number of nitrogens with zero attached hydrogens (tertiary/aromatic N) is 5. The summed E-state index contributed by atoms with van der Waals surface area (Å²) in [6, 6.07) is 18.3.